The maximum atomic E-state index is 14.8. The average Bonchev–Trinajstić information content (AvgIpc) is 2.81. The van der Waals surface area contributed by atoms with Gasteiger partial charge in [-0.1, -0.05) is 30.4 Å². The minimum Gasteiger partial charge on any atom is -0.497 e. The summed E-state index contributed by atoms with van der Waals surface area (Å²) in [4.78, 5) is 0. The summed E-state index contributed by atoms with van der Waals surface area (Å²) in [5.74, 6) is 9.71. The number of benzene rings is 2. The Hall–Kier alpha value is -2.53. The minimum atomic E-state index is -0.200. The zero-order valence-electron chi connectivity index (χ0n) is 18.6. The Balaban J connectivity index is 1.39. The van der Waals surface area contributed by atoms with Crippen molar-refractivity contribution in [3.8, 4) is 17.6 Å². The van der Waals surface area contributed by atoms with Gasteiger partial charge >= 0.3 is 0 Å². The van der Waals surface area contributed by atoms with Crippen molar-refractivity contribution >= 4 is 0 Å². The van der Waals surface area contributed by atoms with Gasteiger partial charge in [0, 0.05) is 5.56 Å². The number of halogens is 1. The molecule has 0 amide bonds. The summed E-state index contributed by atoms with van der Waals surface area (Å²) in [7, 11) is 1.64. The second-order valence-corrected chi connectivity index (χ2v) is 9.29. The summed E-state index contributed by atoms with van der Waals surface area (Å²) in [5, 5.41) is 0. The van der Waals surface area contributed by atoms with Gasteiger partial charge in [0.1, 0.15) is 11.6 Å². The van der Waals surface area contributed by atoms with E-state index in [-0.39, 0.29) is 5.82 Å². The van der Waals surface area contributed by atoms with Gasteiger partial charge in [-0.05, 0) is 111 Å². The molecule has 0 saturated heterocycles. The molecule has 4 rings (SSSR count). The van der Waals surface area contributed by atoms with E-state index in [1.165, 1.54) is 44.9 Å². The Labute approximate surface area is 186 Å². The van der Waals surface area contributed by atoms with Crippen LogP contribution in [0.3, 0.4) is 0 Å². The lowest BCUT2D eigenvalue weighted by Crippen LogP contribution is -2.30. The molecule has 0 aromatic heterocycles. The second kappa shape index (κ2) is 10.2. The number of rotatable bonds is 5. The van der Waals surface area contributed by atoms with E-state index in [9.17, 15) is 4.39 Å². The number of methoxy groups -OCH3 is 1. The number of allylic oxidation sites excluding steroid dienone is 1. The van der Waals surface area contributed by atoms with Crippen molar-refractivity contribution in [2.24, 2.45) is 17.8 Å². The van der Waals surface area contributed by atoms with E-state index in [1.54, 1.807) is 13.2 Å². The lowest BCUT2D eigenvalue weighted by molar-refractivity contribution is 0.115. The van der Waals surface area contributed by atoms with Crippen molar-refractivity contribution in [2.75, 3.05) is 7.11 Å². The van der Waals surface area contributed by atoms with Crippen molar-refractivity contribution < 1.29 is 9.13 Å². The van der Waals surface area contributed by atoms with Crippen LogP contribution in [0.2, 0.25) is 0 Å². The first-order chi connectivity index (χ1) is 15.2. The van der Waals surface area contributed by atoms with Gasteiger partial charge in [0.05, 0.1) is 12.7 Å². The Kier molecular flexibility index (Phi) is 7.13. The Morgan fingerprint density at radius 2 is 1.77 bits per heavy atom. The van der Waals surface area contributed by atoms with Gasteiger partial charge in [0.15, 0.2) is 0 Å². The van der Waals surface area contributed by atoms with E-state index in [0.29, 0.717) is 11.5 Å². The van der Waals surface area contributed by atoms with E-state index in [4.69, 9.17) is 4.74 Å². The lowest BCUT2D eigenvalue weighted by Gasteiger charge is -2.42. The fourth-order valence-electron chi connectivity index (χ4n) is 5.61. The van der Waals surface area contributed by atoms with Crippen LogP contribution in [-0.2, 0) is 0 Å². The molecule has 2 saturated carbocycles. The standard InChI is InChI=1S/C29H33FO/c1-3-4-5-22-7-11-25-19-26(15-14-24(25)18-22)27-13-12-23(29(30)20-27)10-6-21-8-16-28(31-2)17-9-21/h3,8-9,12-13,16-17,20,22,24-26H,1,4-5,7,11,14-15,18-19H2,2H3. The van der Waals surface area contributed by atoms with Crippen molar-refractivity contribution in [1.82, 2.24) is 0 Å². The van der Waals surface area contributed by atoms with Crippen LogP contribution in [0.1, 0.15) is 74.0 Å². The highest BCUT2D eigenvalue weighted by atomic mass is 19.1. The molecule has 0 N–H and O–H groups in total. The molecule has 4 atom stereocenters. The monoisotopic (exact) mass is 416 g/mol. The molecule has 2 aromatic carbocycles. The van der Waals surface area contributed by atoms with E-state index in [0.717, 1.165) is 41.1 Å². The van der Waals surface area contributed by atoms with Gasteiger partial charge in [-0.2, -0.15) is 0 Å². The molecule has 1 nitrogen and oxygen atoms in total. The number of hydrogen-bond donors (Lipinski definition) is 0. The molecule has 2 fully saturated rings. The van der Waals surface area contributed by atoms with Crippen molar-refractivity contribution in [3.05, 3.63) is 77.6 Å². The summed E-state index contributed by atoms with van der Waals surface area (Å²) in [6, 6.07) is 13.2. The highest BCUT2D eigenvalue weighted by molar-refractivity contribution is 5.45. The topological polar surface area (TPSA) is 9.23 Å². The predicted octanol–water partition coefficient (Wildman–Crippen LogP) is 7.50. The zero-order chi connectivity index (χ0) is 21.6. The largest absolute Gasteiger partial charge is 0.497 e. The Morgan fingerprint density at radius 1 is 1.00 bits per heavy atom. The molecule has 0 heterocycles. The van der Waals surface area contributed by atoms with Crippen LogP contribution in [-0.4, -0.2) is 7.11 Å². The SMILES string of the molecule is C=CCCC1CCC2CC(c3ccc(C#Cc4ccc(OC)cc4)c(F)c3)CCC2C1. The van der Waals surface area contributed by atoms with Gasteiger partial charge in [0.2, 0.25) is 0 Å². The summed E-state index contributed by atoms with van der Waals surface area (Å²) < 4.78 is 20.0. The third-order valence-corrected chi connectivity index (χ3v) is 7.40. The summed E-state index contributed by atoms with van der Waals surface area (Å²) in [6.07, 6.45) is 12.3. The third-order valence-electron chi connectivity index (χ3n) is 7.40. The number of fused-ring (bicyclic) bond motifs is 1. The first-order valence-electron chi connectivity index (χ1n) is 11.7. The maximum Gasteiger partial charge on any atom is 0.139 e. The predicted molar refractivity (Wildman–Crippen MR) is 126 cm³/mol. The molecule has 0 aliphatic heterocycles. The highest BCUT2D eigenvalue weighted by Gasteiger charge is 2.35. The molecule has 2 aliphatic carbocycles. The van der Waals surface area contributed by atoms with Gasteiger partial charge in [-0.3, -0.25) is 0 Å². The first-order valence-corrected chi connectivity index (χ1v) is 11.7. The average molecular weight is 417 g/mol. The third kappa shape index (κ3) is 5.40. The second-order valence-electron chi connectivity index (χ2n) is 9.29. The Morgan fingerprint density at radius 3 is 2.52 bits per heavy atom. The molecule has 2 heteroatoms. The van der Waals surface area contributed by atoms with Crippen LogP contribution >= 0.6 is 0 Å². The molecule has 0 bridgehead atoms. The summed E-state index contributed by atoms with van der Waals surface area (Å²) in [5.41, 5.74) is 2.47. The van der Waals surface area contributed by atoms with Crippen LogP contribution in [0.25, 0.3) is 0 Å². The van der Waals surface area contributed by atoms with Crippen LogP contribution in [0.15, 0.2) is 55.1 Å². The van der Waals surface area contributed by atoms with Gasteiger partial charge in [0.25, 0.3) is 0 Å². The summed E-state index contributed by atoms with van der Waals surface area (Å²) >= 11 is 0. The van der Waals surface area contributed by atoms with Crippen molar-refractivity contribution in [2.45, 2.75) is 57.3 Å². The molecule has 0 radical (unpaired) electrons. The molecule has 2 aromatic rings. The fraction of sp³-hybridized carbons (Fsp3) is 0.448. The molecule has 31 heavy (non-hydrogen) atoms. The molecule has 4 unspecified atom stereocenters. The lowest BCUT2D eigenvalue weighted by atomic mass is 9.63. The van der Waals surface area contributed by atoms with Crippen LogP contribution in [0.4, 0.5) is 4.39 Å². The van der Waals surface area contributed by atoms with Gasteiger partial charge in [-0.25, -0.2) is 4.39 Å². The van der Waals surface area contributed by atoms with Crippen LogP contribution in [0.5, 0.6) is 5.75 Å². The zero-order valence-corrected chi connectivity index (χ0v) is 18.6. The quantitative estimate of drug-likeness (QED) is 0.362. The van der Waals surface area contributed by atoms with Crippen LogP contribution in [0, 0.1) is 35.4 Å². The first kappa shape index (κ1) is 21.7. The molecular formula is C29H33FO. The highest BCUT2D eigenvalue weighted by Crippen LogP contribution is 2.48. The van der Waals surface area contributed by atoms with Gasteiger partial charge < -0.3 is 4.74 Å². The molecule has 2 aliphatic rings. The van der Waals surface area contributed by atoms with E-state index >= 15 is 0 Å². The van der Waals surface area contributed by atoms with E-state index < -0.39 is 0 Å². The maximum absolute atomic E-state index is 14.8. The molecule has 162 valence electrons. The minimum absolute atomic E-state index is 0.200. The normalized spacial score (nSPS) is 25.1. The van der Waals surface area contributed by atoms with Crippen molar-refractivity contribution in [3.63, 3.8) is 0 Å². The molecular weight excluding hydrogens is 383 g/mol. The van der Waals surface area contributed by atoms with Crippen LogP contribution < -0.4 is 4.74 Å². The van der Waals surface area contributed by atoms with E-state index in [2.05, 4.69) is 30.6 Å². The van der Waals surface area contributed by atoms with Crippen molar-refractivity contribution in [1.29, 1.82) is 0 Å². The number of ether oxygens (including phenoxy) is 1. The molecule has 0 spiro atoms. The van der Waals surface area contributed by atoms with Gasteiger partial charge in [-0.15, -0.1) is 6.58 Å². The van der Waals surface area contributed by atoms with E-state index in [1.807, 2.05) is 30.3 Å². The fourth-order valence-corrected chi connectivity index (χ4v) is 5.61. The number of hydrogen-bond acceptors (Lipinski definition) is 1. The Bertz CT molecular complexity index is 949. The smallest absolute Gasteiger partial charge is 0.139 e. The summed E-state index contributed by atoms with van der Waals surface area (Å²) in [6.45, 7) is 3.87.